The zero-order valence-corrected chi connectivity index (χ0v) is 23.7. The van der Waals surface area contributed by atoms with Crippen molar-refractivity contribution in [1.82, 2.24) is 9.78 Å². The average molecular weight is 641 g/mol. The van der Waals surface area contributed by atoms with Gasteiger partial charge in [-0.3, -0.25) is 4.79 Å². The molecule has 1 aliphatic rings. The number of nitrogens with zero attached hydrogens (tertiary/aromatic N) is 2. The van der Waals surface area contributed by atoms with Crippen LogP contribution in [0.1, 0.15) is 34.6 Å². The number of ether oxygens (including phenoxy) is 2. The molecular weight excluding hydrogens is 619 g/mol. The van der Waals surface area contributed by atoms with Crippen molar-refractivity contribution in [2.24, 2.45) is 0 Å². The highest BCUT2D eigenvalue weighted by molar-refractivity contribution is 6.36. The fourth-order valence-corrected chi connectivity index (χ4v) is 5.13. The van der Waals surface area contributed by atoms with Crippen molar-refractivity contribution < 1.29 is 36.2 Å². The van der Waals surface area contributed by atoms with E-state index in [4.69, 9.17) is 21.1 Å². The number of hydrogen-bond donors (Lipinski definition) is 2. The number of fused-ring (bicyclic) bond motifs is 1. The number of anilines is 2. The third-order valence-electron chi connectivity index (χ3n) is 6.95. The van der Waals surface area contributed by atoms with Gasteiger partial charge in [0.2, 0.25) is 0 Å². The molecule has 230 valence electrons. The number of amides is 1. The van der Waals surface area contributed by atoms with Gasteiger partial charge in [0, 0.05) is 30.3 Å². The predicted molar refractivity (Wildman–Crippen MR) is 157 cm³/mol. The molecule has 0 fully saturated rings. The molecular formula is C32H22ClF5N4O3. The molecule has 2 N–H and O–H groups in total. The first-order valence-corrected chi connectivity index (χ1v) is 13.9. The third-order valence-corrected chi connectivity index (χ3v) is 7.31. The first kappa shape index (κ1) is 29.9. The summed E-state index contributed by atoms with van der Waals surface area (Å²) in [5.41, 5.74) is 0.294. The van der Waals surface area contributed by atoms with Crippen LogP contribution in [-0.4, -0.2) is 21.9 Å². The molecule has 13 heteroatoms. The summed E-state index contributed by atoms with van der Waals surface area (Å²) in [5.74, 6) is -1.11. The minimum atomic E-state index is -4.68. The molecule has 5 aromatic rings. The van der Waals surface area contributed by atoms with E-state index >= 15 is 0 Å². The van der Waals surface area contributed by atoms with Crippen LogP contribution in [0.15, 0.2) is 97.1 Å². The second-order valence-corrected chi connectivity index (χ2v) is 10.5. The van der Waals surface area contributed by atoms with Crippen LogP contribution in [0, 0.1) is 11.6 Å². The normalized spacial score (nSPS) is 16.0. The number of carbonyl (C=O) groups is 1. The molecule has 0 saturated heterocycles. The molecule has 4 aromatic carbocycles. The van der Waals surface area contributed by atoms with Crippen LogP contribution in [0.4, 0.5) is 33.5 Å². The molecule has 0 radical (unpaired) electrons. The Morgan fingerprint density at radius 1 is 0.844 bits per heavy atom. The van der Waals surface area contributed by atoms with Gasteiger partial charge in [0.25, 0.3) is 5.91 Å². The van der Waals surface area contributed by atoms with Crippen molar-refractivity contribution in [2.75, 3.05) is 10.6 Å². The Labute approximate surface area is 258 Å². The second-order valence-electron chi connectivity index (χ2n) is 10.1. The predicted octanol–water partition coefficient (Wildman–Crippen LogP) is 9.31. The van der Waals surface area contributed by atoms with Crippen molar-refractivity contribution in [3.05, 3.63) is 125 Å². The van der Waals surface area contributed by atoms with Gasteiger partial charge in [-0.2, -0.15) is 18.3 Å². The number of carbonyl (C=O) groups excluding carboxylic acids is 1. The van der Waals surface area contributed by atoms with Gasteiger partial charge < -0.3 is 20.1 Å². The lowest BCUT2D eigenvalue weighted by Gasteiger charge is -2.33. The Hall–Kier alpha value is -5.10. The molecule has 1 aromatic heterocycles. The molecule has 45 heavy (non-hydrogen) atoms. The van der Waals surface area contributed by atoms with Crippen LogP contribution >= 0.6 is 11.6 Å². The van der Waals surface area contributed by atoms with Gasteiger partial charge in [-0.05, 0) is 54.1 Å². The summed E-state index contributed by atoms with van der Waals surface area (Å²) < 4.78 is 81.7. The van der Waals surface area contributed by atoms with E-state index in [1.807, 2.05) is 0 Å². The topological polar surface area (TPSA) is 77.4 Å². The number of rotatable bonds is 7. The van der Waals surface area contributed by atoms with Gasteiger partial charge in [-0.25, -0.2) is 13.5 Å². The largest absolute Gasteiger partial charge is 0.457 e. The van der Waals surface area contributed by atoms with E-state index in [1.54, 1.807) is 30.3 Å². The maximum Gasteiger partial charge on any atom is 0.410 e. The van der Waals surface area contributed by atoms with E-state index in [0.717, 1.165) is 0 Å². The monoisotopic (exact) mass is 640 g/mol. The lowest BCUT2D eigenvalue weighted by atomic mass is 9.97. The molecule has 2 unspecified atom stereocenters. The quantitative estimate of drug-likeness (QED) is 0.173. The zero-order chi connectivity index (χ0) is 31.7. The Bertz CT molecular complexity index is 1770. The summed E-state index contributed by atoms with van der Waals surface area (Å²) in [6.07, 6.45) is -5.04. The minimum absolute atomic E-state index is 0.112. The molecule has 2 atom stereocenters. The van der Waals surface area contributed by atoms with Crippen LogP contribution in [0.5, 0.6) is 23.0 Å². The Morgan fingerprint density at radius 3 is 1.93 bits per heavy atom. The van der Waals surface area contributed by atoms with Crippen LogP contribution in [0.3, 0.4) is 0 Å². The maximum atomic E-state index is 14.2. The van der Waals surface area contributed by atoms with Crippen LogP contribution in [0.25, 0.3) is 0 Å². The first-order chi connectivity index (χ1) is 21.5. The molecule has 6 rings (SSSR count). The van der Waals surface area contributed by atoms with Gasteiger partial charge in [-0.15, -0.1) is 0 Å². The van der Waals surface area contributed by atoms with E-state index in [1.165, 1.54) is 66.7 Å². The zero-order valence-electron chi connectivity index (χ0n) is 23.0. The molecule has 2 heterocycles. The molecule has 0 bridgehead atoms. The lowest BCUT2D eigenvalue weighted by molar-refractivity contribution is -0.173. The molecule has 0 aliphatic carbocycles. The number of halogens is 6. The van der Waals surface area contributed by atoms with Crippen LogP contribution < -0.4 is 20.1 Å². The van der Waals surface area contributed by atoms with Gasteiger partial charge >= 0.3 is 6.18 Å². The standard InChI is InChI=1S/C32H22ClF5N4O3/c33-28-29(41-42-27(32(36,37)38)17-26(40-30(28)42)18-4-2-1-3-5-18)31(43)39-21-14-24(44-22-10-6-19(34)7-11-22)16-25(15-21)45-23-12-8-20(35)9-13-23/h1-16,26-27,40H,17H2,(H,39,43). The Balaban J connectivity index is 1.31. The number of hydrogen-bond acceptors (Lipinski definition) is 5. The van der Waals surface area contributed by atoms with Crippen molar-refractivity contribution in [2.45, 2.75) is 24.7 Å². The van der Waals surface area contributed by atoms with E-state index in [2.05, 4.69) is 15.7 Å². The molecule has 1 aliphatic heterocycles. The van der Waals surface area contributed by atoms with Crippen molar-refractivity contribution in [1.29, 1.82) is 0 Å². The van der Waals surface area contributed by atoms with E-state index < -0.39 is 41.5 Å². The highest BCUT2D eigenvalue weighted by atomic mass is 35.5. The smallest absolute Gasteiger partial charge is 0.410 e. The van der Waals surface area contributed by atoms with E-state index in [9.17, 15) is 26.7 Å². The van der Waals surface area contributed by atoms with Gasteiger partial charge in [-0.1, -0.05) is 41.9 Å². The summed E-state index contributed by atoms with van der Waals surface area (Å²) in [4.78, 5) is 13.4. The lowest BCUT2D eigenvalue weighted by Crippen LogP contribution is -2.35. The molecule has 0 spiro atoms. The number of aromatic nitrogens is 2. The van der Waals surface area contributed by atoms with Crippen molar-refractivity contribution in [3.63, 3.8) is 0 Å². The van der Waals surface area contributed by atoms with Crippen molar-refractivity contribution in [3.8, 4) is 23.0 Å². The average Bonchev–Trinajstić information content (AvgIpc) is 3.35. The van der Waals surface area contributed by atoms with Crippen LogP contribution in [-0.2, 0) is 0 Å². The van der Waals surface area contributed by atoms with E-state index in [0.29, 0.717) is 10.2 Å². The summed E-state index contributed by atoms with van der Waals surface area (Å²) >= 11 is 6.49. The van der Waals surface area contributed by atoms with Gasteiger partial charge in [0.05, 0.1) is 6.04 Å². The van der Waals surface area contributed by atoms with Gasteiger partial charge in [0.15, 0.2) is 11.7 Å². The highest BCUT2D eigenvalue weighted by Crippen LogP contribution is 2.46. The van der Waals surface area contributed by atoms with Gasteiger partial charge in [0.1, 0.15) is 45.5 Å². The summed E-state index contributed by atoms with van der Waals surface area (Å²) in [6.45, 7) is 0. The number of nitrogens with one attached hydrogen (secondary N) is 2. The summed E-state index contributed by atoms with van der Waals surface area (Å²) in [6, 6.07) is 20.5. The first-order valence-electron chi connectivity index (χ1n) is 13.5. The molecule has 7 nitrogen and oxygen atoms in total. The number of alkyl halides is 3. The fraction of sp³-hybridized carbons (Fsp3) is 0.125. The Kier molecular flexibility index (Phi) is 8.07. The number of benzene rings is 4. The SMILES string of the molecule is O=C(Nc1cc(Oc2ccc(F)cc2)cc(Oc2ccc(F)cc2)c1)c1nn2c(c1Cl)NC(c1ccccc1)CC2C(F)(F)F. The highest BCUT2D eigenvalue weighted by Gasteiger charge is 2.47. The maximum absolute atomic E-state index is 14.2. The summed E-state index contributed by atoms with van der Waals surface area (Å²) in [5, 5.41) is 9.27. The molecule has 0 saturated carbocycles. The Morgan fingerprint density at radius 2 is 1.40 bits per heavy atom. The van der Waals surface area contributed by atoms with Crippen molar-refractivity contribution >= 4 is 29.0 Å². The van der Waals surface area contributed by atoms with Crippen LogP contribution in [0.2, 0.25) is 5.02 Å². The summed E-state index contributed by atoms with van der Waals surface area (Å²) in [7, 11) is 0. The second kappa shape index (κ2) is 12.1. The van der Waals surface area contributed by atoms with E-state index in [-0.39, 0.29) is 45.9 Å². The fourth-order valence-electron chi connectivity index (χ4n) is 4.87. The third kappa shape index (κ3) is 6.70. The minimum Gasteiger partial charge on any atom is -0.457 e. The molecule has 1 amide bonds.